The van der Waals surface area contributed by atoms with Crippen LogP contribution in [0.3, 0.4) is 0 Å². The lowest BCUT2D eigenvalue weighted by Gasteiger charge is -2.12. The molecule has 0 spiro atoms. The van der Waals surface area contributed by atoms with Crippen molar-refractivity contribution in [2.24, 2.45) is 0 Å². The van der Waals surface area contributed by atoms with Gasteiger partial charge in [-0.1, -0.05) is 0 Å². The predicted octanol–water partition coefficient (Wildman–Crippen LogP) is 5.79. The second-order valence-corrected chi connectivity index (χ2v) is 7.26. The molecule has 0 unspecified atom stereocenters. The van der Waals surface area contributed by atoms with E-state index in [-0.39, 0.29) is 0 Å². The smallest absolute Gasteiger partial charge is 0.229 e. The Morgan fingerprint density at radius 1 is 0.926 bits per heavy atom. The van der Waals surface area contributed by atoms with Gasteiger partial charge in [0.2, 0.25) is 5.95 Å². The van der Waals surface area contributed by atoms with E-state index in [0.29, 0.717) is 11.8 Å². The maximum atomic E-state index is 5.28. The fourth-order valence-corrected chi connectivity index (χ4v) is 3.11. The van der Waals surface area contributed by atoms with Gasteiger partial charge in [-0.15, -0.1) is 0 Å². The van der Waals surface area contributed by atoms with E-state index in [1.807, 2.05) is 18.2 Å². The number of nitrogens with one attached hydrogen (secondary N) is 2. The average Bonchev–Trinajstić information content (AvgIpc) is 3.10. The molecule has 0 bridgehead atoms. The lowest BCUT2D eigenvalue weighted by Crippen LogP contribution is -2.02. The van der Waals surface area contributed by atoms with Crippen molar-refractivity contribution in [3.05, 3.63) is 64.1 Å². The molecule has 0 aliphatic carbocycles. The summed E-state index contributed by atoms with van der Waals surface area (Å²) in [6, 6.07) is 9.89. The summed E-state index contributed by atoms with van der Waals surface area (Å²) in [6.07, 6.45) is 3.16. The number of aryl methyl sites for hydroxylation is 2. The van der Waals surface area contributed by atoms with Crippen LogP contribution in [0.2, 0.25) is 0 Å². The quantitative estimate of drug-likeness (QED) is 0.432. The normalized spacial score (nSPS) is 11.0. The average molecular weight is 424 g/mol. The Hall–Kier alpha value is -2.93. The highest BCUT2D eigenvalue weighted by Gasteiger charge is 2.09. The minimum absolute atomic E-state index is 0.519. The standard InChI is InChI=1S/C20H18BrN5O/c1-11-6-15(7-12(2)13(11)3)25-20-22-9-16(21)19(26-20)24-14-4-5-18-17(8-14)23-10-27-18/h4-10H,1-3H3,(H2,22,24,25,26). The lowest BCUT2D eigenvalue weighted by molar-refractivity contribution is 0.602. The minimum Gasteiger partial charge on any atom is -0.443 e. The number of fused-ring (bicyclic) bond motifs is 1. The molecular formula is C20H18BrN5O. The first-order valence-corrected chi connectivity index (χ1v) is 9.26. The van der Waals surface area contributed by atoms with Gasteiger partial charge in [0.25, 0.3) is 0 Å². The summed E-state index contributed by atoms with van der Waals surface area (Å²) in [5.74, 6) is 1.18. The molecule has 27 heavy (non-hydrogen) atoms. The summed E-state index contributed by atoms with van der Waals surface area (Å²) < 4.78 is 6.04. The van der Waals surface area contributed by atoms with Crippen LogP contribution in [0.25, 0.3) is 11.1 Å². The summed E-state index contributed by atoms with van der Waals surface area (Å²) in [6.45, 7) is 6.32. The summed E-state index contributed by atoms with van der Waals surface area (Å²) in [7, 11) is 0. The molecule has 2 N–H and O–H groups in total. The second kappa shape index (κ2) is 7.00. The highest BCUT2D eigenvalue weighted by Crippen LogP contribution is 2.27. The van der Waals surface area contributed by atoms with Gasteiger partial charge in [-0.05, 0) is 83.7 Å². The second-order valence-electron chi connectivity index (χ2n) is 6.41. The van der Waals surface area contributed by atoms with Crippen LogP contribution >= 0.6 is 15.9 Å². The fraction of sp³-hybridized carbons (Fsp3) is 0.150. The number of aromatic nitrogens is 3. The Balaban J connectivity index is 1.61. The number of hydrogen-bond acceptors (Lipinski definition) is 6. The number of rotatable bonds is 4. The molecule has 6 nitrogen and oxygen atoms in total. The third-order valence-electron chi connectivity index (χ3n) is 4.52. The molecule has 0 fully saturated rings. The maximum absolute atomic E-state index is 5.28. The Bertz CT molecular complexity index is 1120. The van der Waals surface area contributed by atoms with Crippen molar-refractivity contribution < 1.29 is 4.42 Å². The maximum Gasteiger partial charge on any atom is 0.229 e. The third kappa shape index (κ3) is 3.64. The van der Waals surface area contributed by atoms with Crippen molar-refractivity contribution in [3.8, 4) is 0 Å². The van der Waals surface area contributed by atoms with E-state index in [4.69, 9.17) is 4.42 Å². The molecule has 0 aliphatic rings. The molecule has 0 atom stereocenters. The Kier molecular flexibility index (Phi) is 4.53. The first-order valence-electron chi connectivity index (χ1n) is 8.47. The van der Waals surface area contributed by atoms with Crippen molar-refractivity contribution in [1.82, 2.24) is 15.0 Å². The van der Waals surface area contributed by atoms with Crippen LogP contribution in [0.1, 0.15) is 16.7 Å². The molecule has 0 radical (unpaired) electrons. The molecule has 4 aromatic rings. The molecule has 0 saturated carbocycles. The summed E-state index contributed by atoms with van der Waals surface area (Å²) in [5, 5.41) is 6.57. The predicted molar refractivity (Wildman–Crippen MR) is 111 cm³/mol. The molecule has 4 rings (SSSR count). The van der Waals surface area contributed by atoms with Crippen molar-refractivity contribution in [1.29, 1.82) is 0 Å². The van der Waals surface area contributed by atoms with Crippen LogP contribution in [0.15, 0.2) is 51.8 Å². The van der Waals surface area contributed by atoms with Crippen molar-refractivity contribution in [2.75, 3.05) is 10.6 Å². The van der Waals surface area contributed by atoms with Gasteiger partial charge >= 0.3 is 0 Å². The number of oxazole rings is 1. The topological polar surface area (TPSA) is 75.9 Å². The van der Waals surface area contributed by atoms with Crippen molar-refractivity contribution in [3.63, 3.8) is 0 Å². The van der Waals surface area contributed by atoms with E-state index in [2.05, 4.69) is 74.4 Å². The van der Waals surface area contributed by atoms with Gasteiger partial charge < -0.3 is 15.1 Å². The number of hydrogen-bond donors (Lipinski definition) is 2. The van der Waals surface area contributed by atoms with E-state index in [9.17, 15) is 0 Å². The van der Waals surface area contributed by atoms with Crippen LogP contribution in [0.4, 0.5) is 23.1 Å². The minimum atomic E-state index is 0.519. The van der Waals surface area contributed by atoms with Gasteiger partial charge in [0.05, 0.1) is 4.47 Å². The SMILES string of the molecule is Cc1cc(Nc2ncc(Br)c(Nc3ccc4ocnc4c3)n2)cc(C)c1C. The third-order valence-corrected chi connectivity index (χ3v) is 5.10. The molecule has 7 heteroatoms. The number of nitrogens with zero attached hydrogens (tertiary/aromatic N) is 3. The van der Waals surface area contributed by atoms with Crippen LogP contribution in [-0.4, -0.2) is 15.0 Å². The molecule has 2 aromatic heterocycles. The van der Waals surface area contributed by atoms with Crippen LogP contribution in [0.5, 0.6) is 0 Å². The Labute approximate surface area is 165 Å². The van der Waals surface area contributed by atoms with E-state index in [0.717, 1.165) is 26.9 Å². The highest BCUT2D eigenvalue weighted by molar-refractivity contribution is 9.10. The van der Waals surface area contributed by atoms with E-state index in [1.165, 1.54) is 23.1 Å². The zero-order valence-corrected chi connectivity index (χ0v) is 16.8. The van der Waals surface area contributed by atoms with Crippen LogP contribution in [0, 0.1) is 20.8 Å². The van der Waals surface area contributed by atoms with Crippen molar-refractivity contribution in [2.45, 2.75) is 20.8 Å². The first kappa shape index (κ1) is 17.5. The molecule has 136 valence electrons. The van der Waals surface area contributed by atoms with E-state index in [1.54, 1.807) is 6.20 Å². The summed E-state index contributed by atoms with van der Waals surface area (Å²) in [5.41, 5.74) is 7.12. The zero-order chi connectivity index (χ0) is 19.0. The first-order chi connectivity index (χ1) is 13.0. The van der Waals surface area contributed by atoms with E-state index >= 15 is 0 Å². The molecule has 0 aliphatic heterocycles. The molecular weight excluding hydrogens is 406 g/mol. The van der Waals surface area contributed by atoms with E-state index < -0.39 is 0 Å². The summed E-state index contributed by atoms with van der Waals surface area (Å²) in [4.78, 5) is 13.1. The number of benzene rings is 2. The van der Waals surface area contributed by atoms with Gasteiger partial charge in [-0.3, -0.25) is 0 Å². The van der Waals surface area contributed by atoms with Gasteiger partial charge in [-0.2, -0.15) is 4.98 Å². The molecule has 0 amide bonds. The molecule has 2 heterocycles. The van der Waals surface area contributed by atoms with Gasteiger partial charge in [0.1, 0.15) is 11.3 Å². The van der Waals surface area contributed by atoms with Crippen LogP contribution < -0.4 is 10.6 Å². The Morgan fingerprint density at radius 2 is 1.70 bits per heavy atom. The van der Waals surface area contributed by atoms with Gasteiger partial charge in [-0.25, -0.2) is 9.97 Å². The van der Waals surface area contributed by atoms with Crippen LogP contribution in [-0.2, 0) is 0 Å². The van der Waals surface area contributed by atoms with Gasteiger partial charge in [0.15, 0.2) is 12.0 Å². The fourth-order valence-electron chi connectivity index (χ4n) is 2.82. The number of halogens is 1. The highest BCUT2D eigenvalue weighted by atomic mass is 79.9. The monoisotopic (exact) mass is 423 g/mol. The molecule has 2 aromatic carbocycles. The van der Waals surface area contributed by atoms with Crippen molar-refractivity contribution >= 4 is 50.2 Å². The summed E-state index contributed by atoms with van der Waals surface area (Å²) >= 11 is 3.50. The lowest BCUT2D eigenvalue weighted by atomic mass is 10.0. The van der Waals surface area contributed by atoms with Gasteiger partial charge in [0, 0.05) is 17.6 Å². The Morgan fingerprint density at radius 3 is 2.48 bits per heavy atom. The number of anilines is 4. The largest absolute Gasteiger partial charge is 0.443 e. The molecule has 0 saturated heterocycles. The zero-order valence-electron chi connectivity index (χ0n) is 15.2.